The Hall–Kier alpha value is -1.82. The Balaban J connectivity index is 2.49. The van der Waals surface area contributed by atoms with Gasteiger partial charge in [-0.2, -0.15) is 0 Å². The first-order chi connectivity index (χ1) is 8.96. The average molecular weight is 281 g/mol. The van der Waals surface area contributed by atoms with Crippen LogP contribution < -0.4 is 4.74 Å². The van der Waals surface area contributed by atoms with Crippen LogP contribution in [0.15, 0.2) is 45.0 Å². The summed E-state index contributed by atoms with van der Waals surface area (Å²) < 4.78 is 35.1. The van der Waals surface area contributed by atoms with Crippen LogP contribution in [0.25, 0.3) is 0 Å². The summed E-state index contributed by atoms with van der Waals surface area (Å²) in [6, 6.07) is 6.18. The second-order valence-corrected chi connectivity index (χ2v) is 6.22. The fraction of sp³-hybridized carbons (Fsp3) is 0.308. The number of sulfone groups is 1. The van der Waals surface area contributed by atoms with Crippen molar-refractivity contribution in [2.75, 3.05) is 7.11 Å². The third-order valence-corrected chi connectivity index (χ3v) is 4.42. The van der Waals surface area contributed by atoms with Crippen LogP contribution in [0.1, 0.15) is 25.5 Å². The van der Waals surface area contributed by atoms with Gasteiger partial charge in [-0.1, -0.05) is 13.8 Å². The quantitative estimate of drug-likeness (QED) is 0.861. The molecule has 102 valence electrons. The monoisotopic (exact) mass is 281 g/mol. The summed E-state index contributed by atoms with van der Waals surface area (Å²) >= 11 is 0. The molecule has 2 rings (SSSR count). The van der Waals surface area contributed by atoms with Crippen LogP contribution in [-0.2, 0) is 9.84 Å². The molecule has 5 nitrogen and oxygen atoms in total. The molecule has 0 fully saturated rings. The molecule has 0 aliphatic carbocycles. The highest BCUT2D eigenvalue weighted by Crippen LogP contribution is 2.28. The van der Waals surface area contributed by atoms with Crippen molar-refractivity contribution in [1.29, 1.82) is 0 Å². The van der Waals surface area contributed by atoms with E-state index in [0.29, 0.717) is 11.5 Å². The SMILES string of the molecule is COc1ccc(S(=O)(=O)c2ncoc2C(C)C)cc1. The minimum Gasteiger partial charge on any atom is -0.497 e. The van der Waals surface area contributed by atoms with Gasteiger partial charge in [-0.3, -0.25) is 0 Å². The molecule has 0 N–H and O–H groups in total. The highest BCUT2D eigenvalue weighted by Gasteiger charge is 2.27. The van der Waals surface area contributed by atoms with E-state index < -0.39 is 9.84 Å². The van der Waals surface area contributed by atoms with E-state index in [1.165, 1.54) is 19.2 Å². The van der Waals surface area contributed by atoms with Crippen molar-refractivity contribution < 1.29 is 17.6 Å². The van der Waals surface area contributed by atoms with E-state index in [1.807, 2.05) is 13.8 Å². The number of oxazole rings is 1. The van der Waals surface area contributed by atoms with Crippen molar-refractivity contribution in [1.82, 2.24) is 4.98 Å². The molecule has 1 aromatic carbocycles. The van der Waals surface area contributed by atoms with Gasteiger partial charge in [0.15, 0.2) is 6.39 Å². The van der Waals surface area contributed by atoms with Gasteiger partial charge in [0.05, 0.1) is 12.0 Å². The molecule has 0 aliphatic rings. The van der Waals surface area contributed by atoms with Crippen molar-refractivity contribution in [2.24, 2.45) is 0 Å². The number of ether oxygens (including phenoxy) is 1. The lowest BCUT2D eigenvalue weighted by atomic mass is 10.2. The Morgan fingerprint density at radius 2 is 1.84 bits per heavy atom. The second kappa shape index (κ2) is 5.05. The van der Waals surface area contributed by atoms with E-state index in [0.717, 1.165) is 6.39 Å². The first-order valence-corrected chi connectivity index (χ1v) is 7.27. The number of aromatic nitrogens is 1. The maximum Gasteiger partial charge on any atom is 0.227 e. The van der Waals surface area contributed by atoms with Crippen LogP contribution in [0.2, 0.25) is 0 Å². The summed E-state index contributed by atoms with van der Waals surface area (Å²) in [5, 5.41) is -0.0207. The zero-order valence-corrected chi connectivity index (χ0v) is 11.8. The van der Waals surface area contributed by atoms with Gasteiger partial charge in [-0.05, 0) is 24.3 Å². The van der Waals surface area contributed by atoms with Gasteiger partial charge in [0.25, 0.3) is 0 Å². The zero-order valence-electron chi connectivity index (χ0n) is 11.0. The Kier molecular flexibility index (Phi) is 3.61. The standard InChI is InChI=1S/C13H15NO4S/c1-9(2)12-13(14-8-18-12)19(15,16)11-6-4-10(17-3)5-7-11/h4-9H,1-3H3. The topological polar surface area (TPSA) is 69.4 Å². The largest absolute Gasteiger partial charge is 0.497 e. The number of nitrogens with zero attached hydrogens (tertiary/aromatic N) is 1. The Labute approximate surface area is 112 Å². The summed E-state index contributed by atoms with van der Waals surface area (Å²) in [4.78, 5) is 4.01. The third kappa shape index (κ3) is 2.49. The van der Waals surface area contributed by atoms with Crippen molar-refractivity contribution in [3.05, 3.63) is 36.4 Å². The lowest BCUT2D eigenvalue weighted by Crippen LogP contribution is -2.06. The summed E-state index contributed by atoms with van der Waals surface area (Å²) in [5.41, 5.74) is 0. The molecule has 0 amide bonds. The zero-order chi connectivity index (χ0) is 14.0. The van der Waals surface area contributed by atoms with Gasteiger partial charge >= 0.3 is 0 Å². The van der Waals surface area contributed by atoms with Gasteiger partial charge in [0.1, 0.15) is 11.5 Å². The van der Waals surface area contributed by atoms with Gasteiger partial charge in [0, 0.05) is 5.92 Å². The molecule has 1 heterocycles. The predicted molar refractivity (Wildman–Crippen MR) is 69.0 cm³/mol. The molecule has 0 spiro atoms. The highest BCUT2D eigenvalue weighted by atomic mass is 32.2. The Morgan fingerprint density at radius 3 is 2.37 bits per heavy atom. The van der Waals surface area contributed by atoms with E-state index in [4.69, 9.17) is 9.15 Å². The molecular formula is C13H15NO4S. The third-order valence-electron chi connectivity index (χ3n) is 2.71. The molecule has 0 aliphatic heterocycles. The Morgan fingerprint density at radius 1 is 1.21 bits per heavy atom. The van der Waals surface area contributed by atoms with Crippen LogP contribution >= 0.6 is 0 Å². The fourth-order valence-electron chi connectivity index (χ4n) is 1.70. The molecule has 6 heteroatoms. The van der Waals surface area contributed by atoms with Crippen molar-refractivity contribution in [2.45, 2.75) is 29.7 Å². The number of rotatable bonds is 4. The lowest BCUT2D eigenvalue weighted by molar-refractivity contribution is 0.414. The van der Waals surface area contributed by atoms with Crippen molar-refractivity contribution in [3.63, 3.8) is 0 Å². The van der Waals surface area contributed by atoms with E-state index in [9.17, 15) is 8.42 Å². The van der Waals surface area contributed by atoms with Gasteiger partial charge in [-0.25, -0.2) is 13.4 Å². The molecule has 1 aromatic heterocycles. The van der Waals surface area contributed by atoms with Gasteiger partial charge < -0.3 is 9.15 Å². The predicted octanol–water partition coefficient (Wildman–Crippen LogP) is 2.64. The summed E-state index contributed by atoms with van der Waals surface area (Å²) in [6.45, 7) is 3.71. The lowest BCUT2D eigenvalue weighted by Gasteiger charge is -2.06. The van der Waals surface area contributed by atoms with E-state index >= 15 is 0 Å². The van der Waals surface area contributed by atoms with Gasteiger partial charge in [0.2, 0.25) is 14.9 Å². The van der Waals surface area contributed by atoms with Crippen LogP contribution in [-0.4, -0.2) is 20.5 Å². The molecule has 0 saturated carbocycles. The van der Waals surface area contributed by atoms with Gasteiger partial charge in [-0.15, -0.1) is 0 Å². The van der Waals surface area contributed by atoms with E-state index in [1.54, 1.807) is 12.1 Å². The van der Waals surface area contributed by atoms with Crippen LogP contribution in [0.5, 0.6) is 5.75 Å². The number of hydrogen-bond donors (Lipinski definition) is 0. The molecule has 0 saturated heterocycles. The number of methoxy groups -OCH3 is 1. The molecule has 0 radical (unpaired) electrons. The maximum atomic E-state index is 12.5. The van der Waals surface area contributed by atoms with E-state index in [-0.39, 0.29) is 15.8 Å². The molecule has 0 unspecified atom stereocenters. The Bertz CT molecular complexity index is 656. The molecule has 19 heavy (non-hydrogen) atoms. The summed E-state index contributed by atoms with van der Waals surface area (Å²) in [6.07, 6.45) is 1.16. The minimum absolute atomic E-state index is 0.0207. The average Bonchev–Trinajstić information content (AvgIpc) is 2.89. The van der Waals surface area contributed by atoms with Crippen molar-refractivity contribution >= 4 is 9.84 Å². The molecular weight excluding hydrogens is 266 g/mol. The first kappa shape index (κ1) is 13.6. The first-order valence-electron chi connectivity index (χ1n) is 5.79. The minimum atomic E-state index is -3.66. The number of hydrogen-bond acceptors (Lipinski definition) is 5. The highest BCUT2D eigenvalue weighted by molar-refractivity contribution is 7.91. The normalized spacial score (nSPS) is 11.8. The number of benzene rings is 1. The summed E-state index contributed by atoms with van der Waals surface area (Å²) in [5.74, 6) is 0.921. The van der Waals surface area contributed by atoms with E-state index in [2.05, 4.69) is 4.98 Å². The second-order valence-electron chi connectivity index (χ2n) is 4.36. The smallest absolute Gasteiger partial charge is 0.227 e. The van der Waals surface area contributed by atoms with Crippen LogP contribution in [0.4, 0.5) is 0 Å². The fourth-order valence-corrected chi connectivity index (χ4v) is 3.14. The summed E-state index contributed by atoms with van der Waals surface area (Å²) in [7, 11) is -2.13. The maximum absolute atomic E-state index is 12.5. The van der Waals surface area contributed by atoms with Crippen molar-refractivity contribution in [3.8, 4) is 5.75 Å². The van der Waals surface area contributed by atoms with Crippen LogP contribution in [0.3, 0.4) is 0 Å². The molecule has 0 atom stereocenters. The molecule has 0 bridgehead atoms. The molecule has 2 aromatic rings. The van der Waals surface area contributed by atoms with Crippen LogP contribution in [0, 0.1) is 0 Å².